The molecule has 6 heteroatoms. The smallest absolute Gasteiger partial charge is 0.00711 e. The summed E-state index contributed by atoms with van der Waals surface area (Å²) in [5, 5.41) is 0. The molecule has 0 aromatic heterocycles. The molecule has 0 atom stereocenters. The molecule has 0 nitrogen and oxygen atoms in total. The zero-order chi connectivity index (χ0) is 8.00. The van der Waals surface area contributed by atoms with Crippen molar-refractivity contribution in [2.45, 2.75) is 14.9 Å². The maximum atomic E-state index is 2.94. The zero-order valence-electron chi connectivity index (χ0n) is 4.27. The lowest BCUT2D eigenvalue weighted by Gasteiger charge is -1.05. The minimum atomic E-state index is 0. The number of rotatable bonds is 0. The third-order valence-corrected chi connectivity index (χ3v) is 0. The van der Waals surface area contributed by atoms with E-state index in [1.54, 1.807) is 0 Å². The molecule has 0 saturated carbocycles. The molecule has 0 aliphatic heterocycles. The van der Waals surface area contributed by atoms with Crippen molar-refractivity contribution in [1.82, 2.24) is 0 Å². The molecule has 0 saturated heterocycles. The Hall–Kier alpha value is 3.88. The van der Waals surface area contributed by atoms with Crippen LogP contribution in [0.3, 0.4) is 0 Å². The van der Waals surface area contributed by atoms with Gasteiger partial charge in [0, 0.05) is 57.6 Å². The Morgan fingerprint density at radius 1 is 0.800 bits per heavy atom. The molecule has 0 aromatic carbocycles. The minimum Gasteiger partial charge on any atom is -0.0966 e. The molecule has 0 aliphatic carbocycles. The summed E-state index contributed by atoms with van der Waals surface area (Å²) in [6.45, 7) is 0. The van der Waals surface area contributed by atoms with E-state index in [4.69, 9.17) is 0 Å². The predicted molar refractivity (Wildman–Crippen MR) is 99.2 cm³/mol. The monoisotopic (exact) mass is 728 g/mol. The summed E-state index contributed by atoms with van der Waals surface area (Å²) >= 11 is 14.2. The van der Waals surface area contributed by atoms with Gasteiger partial charge in [0.05, 0.1) is 0 Å². The van der Waals surface area contributed by atoms with Crippen LogP contribution in [-0.2, 0) is 0 Å². The summed E-state index contributed by atoms with van der Waals surface area (Å²) in [6.07, 6.45) is 0. The molecule has 0 amide bonds. The van der Waals surface area contributed by atoms with Crippen molar-refractivity contribution >= 4 is 109 Å². The Balaban J connectivity index is -0.00000000500. The van der Waals surface area contributed by atoms with Crippen LogP contribution in [0.5, 0.6) is 0 Å². The molecule has 0 radical (unpaired) electrons. The average molecular weight is 730 g/mol. The highest BCUT2D eigenvalue weighted by molar-refractivity contribution is 15.0. The van der Waals surface area contributed by atoms with Crippen LogP contribution in [0, 0.1) is 0 Å². The van der Waals surface area contributed by atoms with Gasteiger partial charge in [-0.3, -0.25) is 0 Å². The molecule has 0 heterocycles. The summed E-state index contributed by atoms with van der Waals surface area (Å²) in [5.74, 6) is 1.81. The van der Waals surface area contributed by atoms with Gasteiger partial charge >= 0.3 is 0 Å². The first-order valence-corrected chi connectivity index (χ1v) is 15.9. The van der Waals surface area contributed by atoms with Crippen LogP contribution in [-0.4, -0.2) is 10.8 Å². The summed E-state index contributed by atoms with van der Waals surface area (Å²) < 4.78 is 0. The molecule has 0 fully saturated rings. The largest absolute Gasteiger partial charge is 0.0966 e. The van der Waals surface area contributed by atoms with Crippen molar-refractivity contribution in [2.75, 3.05) is 10.8 Å². The Kier molecular flexibility index (Phi) is 448. The Labute approximate surface area is 131 Å². The van der Waals surface area contributed by atoms with Crippen molar-refractivity contribution in [3.63, 3.8) is 0 Å². The summed E-state index contributed by atoms with van der Waals surface area (Å²) in [7, 11) is 0. The van der Waals surface area contributed by atoms with Crippen molar-refractivity contribution in [3.8, 4) is 0 Å². The van der Waals surface area contributed by atoms with E-state index in [0.29, 0.717) is 0 Å². The SMILES string of the molecule is BrI.C.C.CBr.CI.II. The van der Waals surface area contributed by atoms with Crippen LogP contribution < -0.4 is 0 Å². The fraction of sp³-hybridized carbons (Fsp3) is 1.00. The van der Waals surface area contributed by atoms with Gasteiger partial charge in [0.2, 0.25) is 0 Å². The molecule has 0 unspecified atom stereocenters. The van der Waals surface area contributed by atoms with E-state index in [1.165, 1.54) is 0 Å². The van der Waals surface area contributed by atoms with Gasteiger partial charge in [-0.15, -0.1) is 0 Å². The van der Waals surface area contributed by atoms with Gasteiger partial charge in [-0.1, -0.05) is 53.4 Å². The maximum Gasteiger partial charge on any atom is 0.00711 e. The number of alkyl halides is 2. The van der Waals surface area contributed by atoms with Crippen LogP contribution in [0.4, 0.5) is 0 Å². The van der Waals surface area contributed by atoms with E-state index >= 15 is 0 Å². The number of hydrogen-bond acceptors (Lipinski definition) is 0. The molecule has 72 valence electrons. The van der Waals surface area contributed by atoms with Crippen molar-refractivity contribution < 1.29 is 0 Å². The summed E-state index contributed by atoms with van der Waals surface area (Å²) in [5.41, 5.74) is 0. The molecule has 0 aromatic rings. The first-order valence-electron chi connectivity index (χ1n) is 1.04. The van der Waals surface area contributed by atoms with Crippen LogP contribution in [0.2, 0.25) is 0 Å². The molecule has 0 aliphatic rings. The van der Waals surface area contributed by atoms with Crippen LogP contribution in [0.1, 0.15) is 14.9 Å². The second kappa shape index (κ2) is 121. The van der Waals surface area contributed by atoms with E-state index in [2.05, 4.69) is 88.4 Å². The van der Waals surface area contributed by atoms with E-state index in [0.717, 1.165) is 0 Å². The molecule has 10 heavy (non-hydrogen) atoms. The second-order valence-corrected chi connectivity index (χ2v) is 0. The number of halogens is 6. The van der Waals surface area contributed by atoms with Crippen LogP contribution in [0.15, 0.2) is 0 Å². The first-order chi connectivity index (χ1) is 4.00. The molecule has 0 rings (SSSR count). The molecular weight excluding hydrogens is 715 g/mol. The highest BCUT2D eigenvalue weighted by Gasteiger charge is 1.00. The van der Waals surface area contributed by atoms with E-state index in [-0.39, 0.29) is 14.9 Å². The molecule has 0 spiro atoms. The normalized spacial score (nSPS) is 2.40. The second-order valence-electron chi connectivity index (χ2n) is 0. The Morgan fingerprint density at radius 2 is 0.800 bits per heavy atom. The zero-order valence-corrected chi connectivity index (χ0v) is 16.1. The van der Waals surface area contributed by atoms with Crippen molar-refractivity contribution in [3.05, 3.63) is 0 Å². The molecule has 0 bridgehead atoms. The van der Waals surface area contributed by atoms with Gasteiger partial charge in [-0.2, -0.15) is 0 Å². The van der Waals surface area contributed by atoms with Gasteiger partial charge in [0.15, 0.2) is 0 Å². The first kappa shape index (κ1) is 37.1. The minimum absolute atomic E-state index is 0. The lowest BCUT2D eigenvalue weighted by molar-refractivity contribution is 2.50. The molecule has 0 N–H and O–H groups in total. The highest BCUT2D eigenvalue weighted by Crippen LogP contribution is 1.89. The lowest BCUT2D eigenvalue weighted by Crippen LogP contribution is -0.808. The van der Waals surface area contributed by atoms with E-state index in [1.807, 2.05) is 31.1 Å². The highest BCUT2D eigenvalue weighted by atomic mass is 128. The predicted octanol–water partition coefficient (Wildman–Crippen LogP) is 6.84. The van der Waals surface area contributed by atoms with Gasteiger partial charge in [0.25, 0.3) is 0 Å². The van der Waals surface area contributed by atoms with Gasteiger partial charge in [-0.25, -0.2) is 0 Å². The van der Waals surface area contributed by atoms with Gasteiger partial charge < -0.3 is 0 Å². The van der Waals surface area contributed by atoms with Crippen molar-refractivity contribution in [2.24, 2.45) is 0 Å². The fourth-order valence-electron chi connectivity index (χ4n) is 0. The van der Waals surface area contributed by atoms with E-state index in [9.17, 15) is 0 Å². The Morgan fingerprint density at radius 3 is 0.800 bits per heavy atom. The lowest BCUT2D eigenvalue weighted by atomic mass is 12.0. The van der Waals surface area contributed by atoms with Crippen molar-refractivity contribution in [1.29, 1.82) is 0 Å². The topological polar surface area (TPSA) is 0 Å². The summed E-state index contributed by atoms with van der Waals surface area (Å²) in [4.78, 5) is 1.97. The summed E-state index contributed by atoms with van der Waals surface area (Å²) in [6, 6.07) is 0. The van der Waals surface area contributed by atoms with E-state index < -0.39 is 0 Å². The van der Waals surface area contributed by atoms with Gasteiger partial charge in [0.1, 0.15) is 0 Å². The average Bonchev–Trinajstić information content (AvgIpc) is 2.03. The van der Waals surface area contributed by atoms with Crippen LogP contribution in [0.25, 0.3) is 0 Å². The third kappa shape index (κ3) is 93.4. The quantitative estimate of drug-likeness (QED) is 0.190. The Bertz CT molecular complexity index is 15.2. The van der Waals surface area contributed by atoms with Gasteiger partial charge in [-0.05, 0) is 23.5 Å². The van der Waals surface area contributed by atoms with Crippen LogP contribution >= 0.6 is 109 Å². The third-order valence-electron chi connectivity index (χ3n) is 0. The standard InChI is InChI=1S/CH3Br.CH3I.2CH4.BrI.I2/c2*1-2;;;2*1-2/h2*1H3;2*1H4;;. The number of hydrogen-bond donors (Lipinski definition) is 0. The molecular formula is C4H14Br2I4. The fourth-order valence-corrected chi connectivity index (χ4v) is 0. The maximum absolute atomic E-state index is 2.94.